The van der Waals surface area contributed by atoms with Gasteiger partial charge in [0.1, 0.15) is 8.07 Å². The van der Waals surface area contributed by atoms with E-state index in [4.69, 9.17) is 10.1 Å². The first-order valence-electron chi connectivity index (χ1n) is 17.4. The highest BCUT2D eigenvalue weighted by atomic mass is 28.3. The molecule has 0 fully saturated rings. The van der Waals surface area contributed by atoms with Crippen molar-refractivity contribution in [1.29, 1.82) is 0 Å². The molecule has 0 unspecified atom stereocenters. The SMILES string of the molecule is C[Si]1(C)c2ccccc2-c2ccc(-c3cc(-c4cccc(-c5cnc6c(ccc7cccnc76)c5)c4)cc(-c4cc5ccccc5nn4)c3)cc21. The van der Waals surface area contributed by atoms with Gasteiger partial charge >= 0.3 is 0 Å². The fourth-order valence-electron chi connectivity index (χ4n) is 7.89. The molecule has 9 aromatic rings. The van der Waals surface area contributed by atoms with E-state index in [1.807, 2.05) is 30.6 Å². The molecule has 0 spiro atoms. The topological polar surface area (TPSA) is 51.6 Å². The van der Waals surface area contributed by atoms with Crippen molar-refractivity contribution in [2.24, 2.45) is 0 Å². The van der Waals surface area contributed by atoms with Gasteiger partial charge in [-0.25, -0.2) is 0 Å². The zero-order valence-electron chi connectivity index (χ0n) is 28.3. The van der Waals surface area contributed by atoms with Crippen molar-refractivity contribution in [3.63, 3.8) is 0 Å². The van der Waals surface area contributed by atoms with Gasteiger partial charge in [0.05, 0.1) is 22.2 Å². The smallest absolute Gasteiger partial charge is 0.113 e. The second-order valence-corrected chi connectivity index (χ2v) is 18.4. The molecule has 1 aliphatic rings. The molecule has 0 saturated heterocycles. The Kier molecular flexibility index (Phi) is 6.60. The Morgan fingerprint density at radius 2 is 1.10 bits per heavy atom. The van der Waals surface area contributed by atoms with Crippen LogP contribution in [0.5, 0.6) is 0 Å². The van der Waals surface area contributed by atoms with Crippen LogP contribution in [0.3, 0.4) is 0 Å². The largest absolute Gasteiger partial charge is 0.254 e. The number of rotatable bonds is 4. The maximum Gasteiger partial charge on any atom is 0.113 e. The molecular weight excluding hydrogens is 637 g/mol. The maximum atomic E-state index is 4.90. The highest BCUT2D eigenvalue weighted by molar-refractivity contribution is 7.03. The summed E-state index contributed by atoms with van der Waals surface area (Å²) >= 11 is 0. The molecule has 4 nitrogen and oxygen atoms in total. The Bertz CT molecular complexity index is 2860. The molecule has 0 amide bonds. The highest BCUT2D eigenvalue weighted by Crippen LogP contribution is 2.37. The maximum absolute atomic E-state index is 4.90. The van der Waals surface area contributed by atoms with Gasteiger partial charge in [0.2, 0.25) is 0 Å². The van der Waals surface area contributed by atoms with E-state index in [2.05, 4.69) is 151 Å². The van der Waals surface area contributed by atoms with Crippen molar-refractivity contribution in [1.82, 2.24) is 20.2 Å². The molecule has 10 rings (SSSR count). The van der Waals surface area contributed by atoms with Crippen molar-refractivity contribution in [3.05, 3.63) is 158 Å². The van der Waals surface area contributed by atoms with E-state index >= 15 is 0 Å². The van der Waals surface area contributed by atoms with Gasteiger partial charge in [-0.2, -0.15) is 0 Å². The molecule has 0 bridgehead atoms. The zero-order chi connectivity index (χ0) is 34.1. The third kappa shape index (κ3) is 4.89. The van der Waals surface area contributed by atoms with Gasteiger partial charge in [0.15, 0.2) is 0 Å². The van der Waals surface area contributed by atoms with Crippen LogP contribution in [0.15, 0.2) is 158 Å². The van der Waals surface area contributed by atoms with Crippen LogP contribution < -0.4 is 10.4 Å². The molecule has 51 heavy (non-hydrogen) atoms. The molecule has 0 aliphatic carbocycles. The first-order chi connectivity index (χ1) is 25.0. The minimum Gasteiger partial charge on any atom is -0.254 e. The minimum absolute atomic E-state index is 0.857. The summed E-state index contributed by atoms with van der Waals surface area (Å²) in [5, 5.41) is 15.6. The Balaban J connectivity index is 1.12. The highest BCUT2D eigenvalue weighted by Gasteiger charge is 2.37. The summed E-state index contributed by atoms with van der Waals surface area (Å²) in [6.45, 7) is 4.94. The van der Waals surface area contributed by atoms with Crippen LogP contribution >= 0.6 is 0 Å². The van der Waals surface area contributed by atoms with Crippen molar-refractivity contribution < 1.29 is 0 Å². The number of hydrogen-bond acceptors (Lipinski definition) is 4. The number of fused-ring (bicyclic) bond motifs is 7. The summed E-state index contributed by atoms with van der Waals surface area (Å²) in [4.78, 5) is 9.52. The van der Waals surface area contributed by atoms with Crippen LogP contribution in [0.4, 0.5) is 0 Å². The van der Waals surface area contributed by atoms with E-state index in [1.54, 1.807) is 0 Å². The van der Waals surface area contributed by atoms with Gasteiger partial charge in [-0.05, 0) is 97.8 Å². The number of nitrogens with zero attached hydrogens (tertiary/aromatic N) is 4. The van der Waals surface area contributed by atoms with Gasteiger partial charge in [-0.1, -0.05) is 110 Å². The average molecular weight is 669 g/mol. The summed E-state index contributed by atoms with van der Waals surface area (Å²) in [7, 11) is -1.84. The number of pyridine rings is 2. The Hall–Kier alpha value is -6.30. The number of hydrogen-bond donors (Lipinski definition) is 0. The predicted molar refractivity (Wildman–Crippen MR) is 214 cm³/mol. The molecule has 5 heteroatoms. The van der Waals surface area contributed by atoms with Crippen LogP contribution in [-0.2, 0) is 0 Å². The zero-order valence-corrected chi connectivity index (χ0v) is 29.3. The fraction of sp³-hybridized carbons (Fsp3) is 0.0435. The summed E-state index contributed by atoms with van der Waals surface area (Å²) < 4.78 is 0. The molecule has 0 N–H and O–H groups in total. The third-order valence-corrected chi connectivity index (χ3v) is 14.1. The van der Waals surface area contributed by atoms with Crippen LogP contribution in [0.1, 0.15) is 0 Å². The quantitative estimate of drug-likeness (QED) is 0.138. The summed E-state index contributed by atoms with van der Waals surface area (Å²) in [5.41, 5.74) is 14.2. The molecule has 4 heterocycles. The first-order valence-corrected chi connectivity index (χ1v) is 20.4. The van der Waals surface area contributed by atoms with Gasteiger partial charge < -0.3 is 0 Å². The van der Waals surface area contributed by atoms with E-state index in [0.717, 1.165) is 71.8 Å². The van der Waals surface area contributed by atoms with Gasteiger partial charge in [0, 0.05) is 39.7 Å². The van der Waals surface area contributed by atoms with Crippen molar-refractivity contribution >= 4 is 51.2 Å². The monoisotopic (exact) mass is 668 g/mol. The third-order valence-electron chi connectivity index (χ3n) is 10.6. The standard InChI is InChI=1S/C46H32N4Si/c1-51(2)43-15-6-4-13-39(43)40-19-18-32(27-44(40)51)36-23-35(24-37(25-36)42-26-33-9-3-5-14-41(33)49-50-42)30-10-7-11-31(21-30)38-22-34-17-16-29-12-8-20-47-45(29)46(34)48-28-38/h3-28H,1-2H3. The van der Waals surface area contributed by atoms with E-state index in [-0.39, 0.29) is 0 Å². The lowest BCUT2D eigenvalue weighted by Crippen LogP contribution is -2.49. The minimum atomic E-state index is -1.84. The Labute approximate surface area is 297 Å². The molecule has 3 aromatic heterocycles. The van der Waals surface area contributed by atoms with Crippen molar-refractivity contribution in [3.8, 4) is 55.8 Å². The molecule has 240 valence electrons. The fourth-order valence-corrected chi connectivity index (χ4v) is 11.0. The van der Waals surface area contributed by atoms with Crippen LogP contribution in [0.2, 0.25) is 13.1 Å². The van der Waals surface area contributed by atoms with Crippen LogP contribution in [-0.4, -0.2) is 28.2 Å². The number of benzene rings is 6. The lowest BCUT2D eigenvalue weighted by molar-refractivity contribution is 1.08. The Morgan fingerprint density at radius 3 is 2.00 bits per heavy atom. The van der Waals surface area contributed by atoms with E-state index in [1.165, 1.54) is 27.1 Å². The second-order valence-electron chi connectivity index (χ2n) is 14.0. The van der Waals surface area contributed by atoms with Crippen molar-refractivity contribution in [2.45, 2.75) is 13.1 Å². The second kappa shape index (κ2) is 11.4. The predicted octanol–water partition coefficient (Wildman–Crippen LogP) is 10.2. The summed E-state index contributed by atoms with van der Waals surface area (Å²) in [5.74, 6) is 0. The Morgan fingerprint density at radius 1 is 0.412 bits per heavy atom. The lowest BCUT2D eigenvalue weighted by atomic mass is 9.92. The van der Waals surface area contributed by atoms with Crippen LogP contribution in [0.25, 0.3) is 88.5 Å². The molecular formula is C46H32N4Si. The van der Waals surface area contributed by atoms with Gasteiger partial charge in [0.25, 0.3) is 0 Å². The number of aromatic nitrogens is 4. The molecule has 6 aromatic carbocycles. The van der Waals surface area contributed by atoms with E-state index < -0.39 is 8.07 Å². The summed E-state index contributed by atoms with van der Waals surface area (Å²) in [6.07, 6.45) is 3.80. The first kappa shape index (κ1) is 29.6. The van der Waals surface area contributed by atoms with Gasteiger partial charge in [-0.3, -0.25) is 9.97 Å². The van der Waals surface area contributed by atoms with E-state index in [9.17, 15) is 0 Å². The van der Waals surface area contributed by atoms with E-state index in [0.29, 0.717) is 0 Å². The molecule has 0 radical (unpaired) electrons. The van der Waals surface area contributed by atoms with Crippen molar-refractivity contribution in [2.75, 3.05) is 0 Å². The normalized spacial score (nSPS) is 13.1. The molecule has 0 atom stereocenters. The summed E-state index contributed by atoms with van der Waals surface area (Å²) in [6, 6.07) is 52.5. The lowest BCUT2D eigenvalue weighted by Gasteiger charge is -2.19. The molecule has 1 aliphatic heterocycles. The average Bonchev–Trinajstić information content (AvgIpc) is 3.42. The molecule has 0 saturated carbocycles. The van der Waals surface area contributed by atoms with Gasteiger partial charge in [-0.15, -0.1) is 10.2 Å². The van der Waals surface area contributed by atoms with Crippen LogP contribution in [0, 0.1) is 0 Å².